The molecule has 0 bridgehead atoms. The summed E-state index contributed by atoms with van der Waals surface area (Å²) in [6, 6.07) is 3.95. The van der Waals surface area contributed by atoms with E-state index in [2.05, 4.69) is 6.08 Å². The summed E-state index contributed by atoms with van der Waals surface area (Å²) in [4.78, 5) is 0. The Balaban J connectivity index is 2.05. The molecular formula is C10H12N2. The first kappa shape index (κ1) is 8.81. The first-order valence-electron chi connectivity index (χ1n) is 4.34. The Bertz CT molecular complexity index is 232. The number of unbranched alkanes of at least 4 members (excludes halogenated alkanes) is 1. The number of nitrogens with zero attached hydrogens (tertiary/aromatic N) is 2. The molecule has 0 N–H and O–H groups in total. The molecule has 1 fully saturated rings. The summed E-state index contributed by atoms with van der Waals surface area (Å²) >= 11 is 0. The fourth-order valence-corrected chi connectivity index (χ4v) is 1.06. The summed E-state index contributed by atoms with van der Waals surface area (Å²) in [5.74, 6) is -0.400. The molecule has 1 aliphatic carbocycles. The number of hydrogen-bond donors (Lipinski definition) is 0. The average molecular weight is 160 g/mol. The normalized spacial score (nSPS) is 13.8. The summed E-state index contributed by atoms with van der Waals surface area (Å²) in [6.07, 6.45) is 7.49. The molecule has 0 spiro atoms. The lowest BCUT2D eigenvalue weighted by Gasteiger charge is -1.95. The van der Waals surface area contributed by atoms with Gasteiger partial charge in [-0.25, -0.2) is 0 Å². The lowest BCUT2D eigenvalue weighted by Crippen LogP contribution is -1.91. The summed E-state index contributed by atoms with van der Waals surface area (Å²) in [5, 5.41) is 16.9. The predicted octanol–water partition coefficient (Wildman–Crippen LogP) is 2.54. The molecule has 0 atom stereocenters. The molecule has 0 amide bonds. The molecule has 0 aromatic heterocycles. The van der Waals surface area contributed by atoms with E-state index in [0.29, 0.717) is 0 Å². The SMILES string of the molecule is N#CC(C#N)CCCC=C1CC1. The zero-order valence-electron chi connectivity index (χ0n) is 7.08. The minimum absolute atomic E-state index is 0.400. The van der Waals surface area contributed by atoms with Gasteiger partial charge < -0.3 is 0 Å². The number of nitriles is 2. The molecule has 0 aliphatic heterocycles. The Morgan fingerprint density at radius 1 is 1.33 bits per heavy atom. The number of rotatable bonds is 4. The maximum Gasteiger partial charge on any atom is 0.133 e. The molecule has 0 aromatic carbocycles. The zero-order valence-corrected chi connectivity index (χ0v) is 7.08. The first-order chi connectivity index (χ1) is 5.86. The minimum atomic E-state index is -0.400. The Morgan fingerprint density at radius 2 is 2.00 bits per heavy atom. The molecule has 1 rings (SSSR count). The Hall–Kier alpha value is -1.28. The van der Waals surface area contributed by atoms with Crippen molar-refractivity contribution < 1.29 is 0 Å². The van der Waals surface area contributed by atoms with Crippen LogP contribution in [-0.2, 0) is 0 Å². The fraction of sp³-hybridized carbons (Fsp3) is 0.600. The standard InChI is InChI=1S/C10H12N2/c11-7-10(8-12)4-2-1-3-9-5-6-9/h3,10H,1-2,4-6H2. The molecule has 0 saturated heterocycles. The molecule has 1 aliphatic rings. The van der Waals surface area contributed by atoms with E-state index in [-0.39, 0.29) is 0 Å². The second-order valence-corrected chi connectivity index (χ2v) is 3.10. The van der Waals surface area contributed by atoms with Crippen molar-refractivity contribution in [3.05, 3.63) is 11.6 Å². The van der Waals surface area contributed by atoms with Gasteiger partial charge in [0, 0.05) is 0 Å². The van der Waals surface area contributed by atoms with Gasteiger partial charge in [-0.05, 0) is 32.1 Å². The van der Waals surface area contributed by atoms with Crippen LogP contribution in [0.3, 0.4) is 0 Å². The van der Waals surface area contributed by atoms with E-state index in [4.69, 9.17) is 10.5 Å². The van der Waals surface area contributed by atoms with Gasteiger partial charge in [0.15, 0.2) is 0 Å². The van der Waals surface area contributed by atoms with Gasteiger partial charge in [-0.1, -0.05) is 11.6 Å². The summed E-state index contributed by atoms with van der Waals surface area (Å²) in [5.41, 5.74) is 1.54. The predicted molar refractivity (Wildman–Crippen MR) is 45.9 cm³/mol. The van der Waals surface area contributed by atoms with Crippen LogP contribution in [0.1, 0.15) is 32.1 Å². The second-order valence-electron chi connectivity index (χ2n) is 3.10. The van der Waals surface area contributed by atoms with Crippen LogP contribution in [0.4, 0.5) is 0 Å². The van der Waals surface area contributed by atoms with E-state index in [9.17, 15) is 0 Å². The molecule has 1 saturated carbocycles. The second kappa shape index (κ2) is 4.57. The van der Waals surface area contributed by atoms with Gasteiger partial charge in [0.2, 0.25) is 0 Å². The Morgan fingerprint density at radius 3 is 2.50 bits per heavy atom. The molecule has 0 aromatic rings. The van der Waals surface area contributed by atoms with Gasteiger partial charge in [0.25, 0.3) is 0 Å². The van der Waals surface area contributed by atoms with Crippen molar-refractivity contribution >= 4 is 0 Å². The van der Waals surface area contributed by atoms with Crippen molar-refractivity contribution in [3.8, 4) is 12.1 Å². The highest BCUT2D eigenvalue weighted by atomic mass is 14.3. The third-order valence-electron chi connectivity index (χ3n) is 1.98. The van der Waals surface area contributed by atoms with Crippen molar-refractivity contribution in [2.45, 2.75) is 32.1 Å². The molecule has 12 heavy (non-hydrogen) atoms. The third-order valence-corrected chi connectivity index (χ3v) is 1.98. The van der Waals surface area contributed by atoms with Crippen molar-refractivity contribution in [1.29, 1.82) is 10.5 Å². The van der Waals surface area contributed by atoms with Crippen LogP contribution in [0, 0.1) is 28.6 Å². The van der Waals surface area contributed by atoms with Crippen LogP contribution in [-0.4, -0.2) is 0 Å². The molecule has 0 heterocycles. The molecular weight excluding hydrogens is 148 g/mol. The lowest BCUT2D eigenvalue weighted by molar-refractivity contribution is 0.679. The van der Waals surface area contributed by atoms with Gasteiger partial charge in [-0.3, -0.25) is 0 Å². The number of hydrogen-bond acceptors (Lipinski definition) is 2. The maximum absolute atomic E-state index is 8.46. The maximum atomic E-state index is 8.46. The quantitative estimate of drug-likeness (QED) is 0.468. The van der Waals surface area contributed by atoms with Gasteiger partial charge in [-0.2, -0.15) is 10.5 Å². The van der Waals surface area contributed by atoms with Crippen LogP contribution >= 0.6 is 0 Å². The summed E-state index contributed by atoms with van der Waals surface area (Å²) in [6.45, 7) is 0. The third kappa shape index (κ3) is 3.21. The smallest absolute Gasteiger partial charge is 0.133 e. The van der Waals surface area contributed by atoms with Gasteiger partial charge in [0.1, 0.15) is 5.92 Å². The van der Waals surface area contributed by atoms with Crippen LogP contribution in [0.5, 0.6) is 0 Å². The van der Waals surface area contributed by atoms with Crippen molar-refractivity contribution in [3.63, 3.8) is 0 Å². The highest BCUT2D eigenvalue weighted by molar-refractivity contribution is 5.15. The van der Waals surface area contributed by atoms with E-state index >= 15 is 0 Å². The van der Waals surface area contributed by atoms with Crippen molar-refractivity contribution in [2.24, 2.45) is 5.92 Å². The highest BCUT2D eigenvalue weighted by Crippen LogP contribution is 2.28. The molecule has 62 valence electrons. The topological polar surface area (TPSA) is 47.6 Å². The largest absolute Gasteiger partial charge is 0.197 e. The van der Waals surface area contributed by atoms with Gasteiger partial charge in [0.05, 0.1) is 12.1 Å². The molecule has 0 radical (unpaired) electrons. The van der Waals surface area contributed by atoms with Crippen LogP contribution < -0.4 is 0 Å². The molecule has 2 nitrogen and oxygen atoms in total. The van der Waals surface area contributed by atoms with E-state index in [1.807, 2.05) is 12.1 Å². The van der Waals surface area contributed by atoms with E-state index in [1.54, 1.807) is 5.57 Å². The summed E-state index contributed by atoms with van der Waals surface area (Å²) in [7, 11) is 0. The first-order valence-corrected chi connectivity index (χ1v) is 4.34. The zero-order chi connectivity index (χ0) is 8.81. The van der Waals surface area contributed by atoms with Crippen LogP contribution in [0.15, 0.2) is 11.6 Å². The van der Waals surface area contributed by atoms with Crippen LogP contribution in [0.25, 0.3) is 0 Å². The lowest BCUT2D eigenvalue weighted by atomic mass is 10.1. The minimum Gasteiger partial charge on any atom is -0.197 e. The highest BCUT2D eigenvalue weighted by Gasteiger charge is 2.09. The van der Waals surface area contributed by atoms with E-state index in [0.717, 1.165) is 19.3 Å². The molecule has 0 unspecified atom stereocenters. The average Bonchev–Trinajstić information content (AvgIpc) is 2.89. The fourth-order valence-electron chi connectivity index (χ4n) is 1.06. The Labute approximate surface area is 73.1 Å². The summed E-state index contributed by atoms with van der Waals surface area (Å²) < 4.78 is 0. The monoisotopic (exact) mass is 160 g/mol. The van der Waals surface area contributed by atoms with Gasteiger partial charge in [-0.15, -0.1) is 0 Å². The molecule has 2 heteroatoms. The van der Waals surface area contributed by atoms with E-state index in [1.165, 1.54) is 12.8 Å². The van der Waals surface area contributed by atoms with Crippen molar-refractivity contribution in [2.75, 3.05) is 0 Å². The van der Waals surface area contributed by atoms with Gasteiger partial charge >= 0.3 is 0 Å². The Kier molecular flexibility index (Phi) is 3.35. The van der Waals surface area contributed by atoms with Crippen LogP contribution in [0.2, 0.25) is 0 Å². The van der Waals surface area contributed by atoms with Crippen molar-refractivity contribution in [1.82, 2.24) is 0 Å². The number of allylic oxidation sites excluding steroid dienone is 2. The van der Waals surface area contributed by atoms with E-state index < -0.39 is 5.92 Å².